The number of imide groups is 1. The Kier molecular flexibility index (Phi) is 7.03. The summed E-state index contributed by atoms with van der Waals surface area (Å²) in [5.74, 6) is 0.405. The Morgan fingerprint density at radius 3 is 2.43 bits per heavy atom. The maximum Gasteiger partial charge on any atom is 0.325 e. The third-order valence-electron chi connectivity index (χ3n) is 6.74. The SMILES string of the molecule is CC1CNCCC1NC(=O)CN1C(=O)NC2(CCC(C(C)(C)C)CC2)C1=O.Cl. The molecule has 2 heterocycles. The van der Waals surface area contributed by atoms with E-state index in [2.05, 4.69) is 43.6 Å². The molecule has 3 aliphatic rings. The van der Waals surface area contributed by atoms with Gasteiger partial charge in [-0.05, 0) is 62.4 Å². The van der Waals surface area contributed by atoms with Gasteiger partial charge >= 0.3 is 6.03 Å². The molecule has 0 aromatic heterocycles. The Hall–Kier alpha value is -1.34. The maximum atomic E-state index is 13.0. The maximum absolute atomic E-state index is 13.0. The van der Waals surface area contributed by atoms with Gasteiger partial charge in [0.15, 0.2) is 0 Å². The lowest BCUT2D eigenvalue weighted by molar-refractivity contribution is -0.136. The van der Waals surface area contributed by atoms with Crippen LogP contribution < -0.4 is 16.0 Å². The van der Waals surface area contributed by atoms with Crippen LogP contribution >= 0.6 is 12.4 Å². The topological polar surface area (TPSA) is 90.5 Å². The number of nitrogens with one attached hydrogen (secondary N) is 3. The van der Waals surface area contributed by atoms with Crippen LogP contribution in [-0.2, 0) is 9.59 Å². The minimum atomic E-state index is -0.804. The average Bonchev–Trinajstić information content (AvgIpc) is 2.81. The molecule has 7 nitrogen and oxygen atoms in total. The lowest BCUT2D eigenvalue weighted by Gasteiger charge is -2.40. The number of hydrogen-bond donors (Lipinski definition) is 3. The molecule has 8 heteroatoms. The van der Waals surface area contributed by atoms with Crippen LogP contribution in [0.15, 0.2) is 0 Å². The molecule has 1 saturated carbocycles. The molecule has 1 spiro atoms. The molecule has 2 unspecified atom stereocenters. The lowest BCUT2D eigenvalue weighted by atomic mass is 9.67. The standard InChI is InChI=1S/C20H34N4O3.ClH/c1-13-11-21-10-7-15(13)22-16(25)12-24-17(26)20(23-18(24)27)8-5-14(6-9-20)19(2,3)4;/h13-15,21H,5-12H2,1-4H3,(H,22,25)(H,23,27);1H. The van der Waals surface area contributed by atoms with Gasteiger partial charge in [-0.2, -0.15) is 0 Å². The number of carbonyl (C=O) groups excluding carboxylic acids is 3. The number of nitrogens with zero attached hydrogens (tertiary/aromatic N) is 1. The quantitative estimate of drug-likeness (QED) is 0.616. The Labute approximate surface area is 174 Å². The van der Waals surface area contributed by atoms with Crippen molar-refractivity contribution >= 4 is 30.3 Å². The molecule has 0 radical (unpaired) electrons. The van der Waals surface area contributed by atoms with Crippen molar-refractivity contribution in [2.24, 2.45) is 17.3 Å². The normalized spacial score (nSPS) is 33.4. The summed E-state index contributed by atoms with van der Waals surface area (Å²) in [7, 11) is 0. The Bertz CT molecular complexity index is 611. The van der Waals surface area contributed by atoms with Gasteiger partial charge in [-0.1, -0.05) is 27.7 Å². The fourth-order valence-electron chi connectivity index (χ4n) is 4.76. The third kappa shape index (κ3) is 4.62. The lowest BCUT2D eigenvalue weighted by Crippen LogP contribution is -2.52. The van der Waals surface area contributed by atoms with Gasteiger partial charge in [-0.3, -0.25) is 14.5 Å². The van der Waals surface area contributed by atoms with Crippen LogP contribution in [0.5, 0.6) is 0 Å². The monoisotopic (exact) mass is 414 g/mol. The number of urea groups is 1. The molecule has 160 valence electrons. The molecule has 3 N–H and O–H groups in total. The van der Waals surface area contributed by atoms with Gasteiger partial charge in [-0.15, -0.1) is 12.4 Å². The first-order valence-corrected chi connectivity index (χ1v) is 10.3. The number of rotatable bonds is 3. The average molecular weight is 415 g/mol. The summed E-state index contributed by atoms with van der Waals surface area (Å²) < 4.78 is 0. The first kappa shape index (κ1) is 22.9. The van der Waals surface area contributed by atoms with E-state index >= 15 is 0 Å². The second-order valence-corrected chi connectivity index (χ2v) is 9.69. The molecule has 3 rings (SSSR count). The van der Waals surface area contributed by atoms with Gasteiger partial charge in [0.05, 0.1) is 0 Å². The second kappa shape index (κ2) is 8.57. The summed E-state index contributed by atoms with van der Waals surface area (Å²) in [5, 5.41) is 9.21. The van der Waals surface area contributed by atoms with Crippen molar-refractivity contribution < 1.29 is 14.4 Å². The fraction of sp³-hybridized carbons (Fsp3) is 0.850. The highest BCUT2D eigenvalue weighted by molar-refractivity contribution is 6.09. The minimum absolute atomic E-state index is 0. The molecule has 0 aromatic rings. The van der Waals surface area contributed by atoms with E-state index in [1.165, 1.54) is 0 Å². The highest BCUT2D eigenvalue weighted by Crippen LogP contribution is 2.43. The smallest absolute Gasteiger partial charge is 0.325 e. The van der Waals surface area contributed by atoms with Crippen LogP contribution in [0.3, 0.4) is 0 Å². The number of amides is 4. The molecule has 28 heavy (non-hydrogen) atoms. The highest BCUT2D eigenvalue weighted by atomic mass is 35.5. The molecule has 2 aliphatic heterocycles. The predicted molar refractivity (Wildman–Crippen MR) is 110 cm³/mol. The van der Waals surface area contributed by atoms with Crippen molar-refractivity contribution in [3.05, 3.63) is 0 Å². The zero-order valence-corrected chi connectivity index (χ0v) is 18.3. The predicted octanol–water partition coefficient (Wildman–Crippen LogP) is 2.05. The van der Waals surface area contributed by atoms with Crippen LogP contribution in [-0.4, -0.2) is 54.0 Å². The van der Waals surface area contributed by atoms with Gasteiger partial charge in [0, 0.05) is 6.04 Å². The number of carbonyl (C=O) groups is 3. The van der Waals surface area contributed by atoms with Gasteiger partial charge in [0.25, 0.3) is 5.91 Å². The number of piperidine rings is 1. The van der Waals surface area contributed by atoms with Crippen molar-refractivity contribution in [3.8, 4) is 0 Å². The summed E-state index contributed by atoms with van der Waals surface area (Å²) in [6.45, 7) is 10.3. The van der Waals surface area contributed by atoms with E-state index in [-0.39, 0.29) is 42.2 Å². The zero-order chi connectivity index (χ0) is 19.8. The minimum Gasteiger partial charge on any atom is -0.351 e. The number of halogens is 1. The Morgan fingerprint density at radius 1 is 1.21 bits per heavy atom. The van der Waals surface area contributed by atoms with Crippen molar-refractivity contribution in [1.29, 1.82) is 0 Å². The fourth-order valence-corrected chi connectivity index (χ4v) is 4.76. The molecule has 2 atom stereocenters. The van der Waals surface area contributed by atoms with Crippen LogP contribution in [0.4, 0.5) is 4.79 Å². The summed E-state index contributed by atoms with van der Waals surface area (Å²) in [6.07, 6.45) is 4.02. The molecule has 3 fully saturated rings. The molecule has 0 bridgehead atoms. The van der Waals surface area contributed by atoms with Crippen molar-refractivity contribution in [2.75, 3.05) is 19.6 Å². The van der Waals surface area contributed by atoms with E-state index in [1.807, 2.05) is 0 Å². The molecular formula is C20H35ClN4O3. The van der Waals surface area contributed by atoms with E-state index in [4.69, 9.17) is 0 Å². The second-order valence-electron chi connectivity index (χ2n) is 9.69. The van der Waals surface area contributed by atoms with E-state index < -0.39 is 11.6 Å². The van der Waals surface area contributed by atoms with E-state index in [1.54, 1.807) is 0 Å². The Morgan fingerprint density at radius 2 is 1.86 bits per heavy atom. The first-order valence-electron chi connectivity index (χ1n) is 10.3. The van der Waals surface area contributed by atoms with Crippen molar-refractivity contribution in [2.45, 2.75) is 71.4 Å². The summed E-state index contributed by atoms with van der Waals surface area (Å²) in [5.41, 5.74) is -0.598. The van der Waals surface area contributed by atoms with Gasteiger partial charge < -0.3 is 16.0 Å². The van der Waals surface area contributed by atoms with Crippen LogP contribution in [0, 0.1) is 17.3 Å². The van der Waals surface area contributed by atoms with Gasteiger partial charge in [0.2, 0.25) is 5.91 Å². The van der Waals surface area contributed by atoms with Crippen LogP contribution in [0.1, 0.15) is 59.8 Å². The molecule has 1 aliphatic carbocycles. The van der Waals surface area contributed by atoms with E-state index in [0.29, 0.717) is 24.7 Å². The Balaban J connectivity index is 0.00000280. The van der Waals surface area contributed by atoms with Gasteiger partial charge in [0.1, 0.15) is 12.1 Å². The van der Waals surface area contributed by atoms with E-state index in [0.717, 1.165) is 37.3 Å². The number of hydrogen-bond acceptors (Lipinski definition) is 4. The van der Waals surface area contributed by atoms with E-state index in [9.17, 15) is 14.4 Å². The van der Waals surface area contributed by atoms with Gasteiger partial charge in [-0.25, -0.2) is 4.79 Å². The van der Waals surface area contributed by atoms with Crippen LogP contribution in [0.25, 0.3) is 0 Å². The van der Waals surface area contributed by atoms with Crippen molar-refractivity contribution in [1.82, 2.24) is 20.9 Å². The van der Waals surface area contributed by atoms with Crippen molar-refractivity contribution in [3.63, 3.8) is 0 Å². The molecule has 2 saturated heterocycles. The van der Waals surface area contributed by atoms with Crippen LogP contribution in [0.2, 0.25) is 0 Å². The first-order chi connectivity index (χ1) is 12.6. The third-order valence-corrected chi connectivity index (χ3v) is 6.74. The molecule has 4 amide bonds. The summed E-state index contributed by atoms with van der Waals surface area (Å²) >= 11 is 0. The molecular weight excluding hydrogens is 380 g/mol. The molecule has 0 aromatic carbocycles. The summed E-state index contributed by atoms with van der Waals surface area (Å²) in [6, 6.07) is -0.335. The zero-order valence-electron chi connectivity index (χ0n) is 17.5. The highest BCUT2D eigenvalue weighted by Gasteiger charge is 2.53. The summed E-state index contributed by atoms with van der Waals surface area (Å²) in [4.78, 5) is 39.0. The largest absolute Gasteiger partial charge is 0.351 e.